The monoisotopic (exact) mass is 576 g/mol. The Morgan fingerprint density at radius 1 is 0.952 bits per heavy atom. The molecule has 4 nitrogen and oxygen atoms in total. The van der Waals surface area contributed by atoms with E-state index in [2.05, 4.69) is 48.1 Å². The summed E-state index contributed by atoms with van der Waals surface area (Å²) in [5.41, 5.74) is 3.33. The fourth-order valence-electron chi connectivity index (χ4n) is 12.8. The number of aliphatic hydroxyl groups excluding tert-OH is 1. The van der Waals surface area contributed by atoms with E-state index in [0.29, 0.717) is 47.0 Å². The van der Waals surface area contributed by atoms with E-state index in [1.54, 1.807) is 0 Å². The predicted octanol–water partition coefficient (Wildman–Crippen LogP) is 7.84. The quantitative estimate of drug-likeness (QED) is 0.221. The molecule has 6 rings (SSSR count). The first-order valence-electron chi connectivity index (χ1n) is 17.1. The number of carbonyl (C=O) groups is 1. The minimum atomic E-state index is -0.108. The number of pyridine rings is 1. The van der Waals surface area contributed by atoms with Gasteiger partial charge in [0.05, 0.1) is 0 Å². The van der Waals surface area contributed by atoms with Gasteiger partial charge >= 0.3 is 5.97 Å². The fraction of sp³-hybridized carbons (Fsp3) is 0.789. The molecule has 0 saturated heterocycles. The Morgan fingerprint density at radius 2 is 1.71 bits per heavy atom. The molecule has 0 radical (unpaired) electrons. The second-order valence-corrected chi connectivity index (χ2v) is 17.0. The maximum Gasteiger partial charge on any atom is 0.372 e. The van der Waals surface area contributed by atoms with E-state index in [1.807, 2.05) is 35.9 Å². The molecule has 1 N–H and O–H groups in total. The minimum absolute atomic E-state index is 0.0290. The van der Waals surface area contributed by atoms with Gasteiger partial charge < -0.3 is 9.84 Å². The summed E-state index contributed by atoms with van der Waals surface area (Å²) in [5, 5.41) is 10.8. The third-order valence-corrected chi connectivity index (χ3v) is 15.2. The van der Waals surface area contributed by atoms with E-state index in [9.17, 15) is 9.90 Å². The summed E-state index contributed by atoms with van der Waals surface area (Å²) in [6, 6.07) is 6.03. The molecule has 5 saturated carbocycles. The van der Waals surface area contributed by atoms with Crippen molar-refractivity contribution in [3.8, 4) is 0 Å². The number of rotatable bonds is 5. The standard InChI is InChI=1S/C38H58NO3/c1-25(2)27-14-19-38(24-40)21-20-36(7)28(33(27)38)12-13-30-35(6)17-16-31(34(4,5)29(35)15-18-37(30,36)8)42-32(41)23-39-22-10-9-11-26(39)3/h9-11,22,27-31,33,40H,1,12-21,23-24H2,2-8H3/q+1/t27-,28?,29?,30?,31-,33?,35-,36+,37+,38+/m0/s1. The first kappa shape index (κ1) is 30.4. The lowest BCUT2D eigenvalue weighted by atomic mass is 9.32. The largest absolute Gasteiger partial charge is 0.457 e. The Bertz CT molecular complexity index is 1240. The van der Waals surface area contributed by atoms with Crippen LogP contribution in [0.15, 0.2) is 36.5 Å². The predicted molar refractivity (Wildman–Crippen MR) is 167 cm³/mol. The number of aromatic nitrogens is 1. The van der Waals surface area contributed by atoms with Crippen molar-refractivity contribution in [3.63, 3.8) is 0 Å². The molecule has 5 fully saturated rings. The van der Waals surface area contributed by atoms with E-state index in [0.717, 1.165) is 18.5 Å². The zero-order chi connectivity index (χ0) is 30.3. The summed E-state index contributed by atoms with van der Waals surface area (Å²) < 4.78 is 8.33. The number of fused-ring (bicyclic) bond motifs is 7. The highest BCUT2D eigenvalue weighted by molar-refractivity contribution is 5.68. The molecule has 4 heteroatoms. The first-order chi connectivity index (χ1) is 19.7. The molecule has 5 aliphatic carbocycles. The van der Waals surface area contributed by atoms with E-state index in [1.165, 1.54) is 56.9 Å². The van der Waals surface area contributed by atoms with Crippen LogP contribution in [0.4, 0.5) is 0 Å². The summed E-state index contributed by atoms with van der Waals surface area (Å²) in [6.07, 6.45) is 14.0. The van der Waals surface area contributed by atoms with Gasteiger partial charge in [0.15, 0.2) is 11.9 Å². The van der Waals surface area contributed by atoms with Crippen molar-refractivity contribution >= 4 is 5.97 Å². The van der Waals surface area contributed by atoms with Gasteiger partial charge in [-0.3, -0.25) is 0 Å². The zero-order valence-corrected chi connectivity index (χ0v) is 27.7. The van der Waals surface area contributed by atoms with Crippen LogP contribution in [0, 0.1) is 63.6 Å². The van der Waals surface area contributed by atoms with Crippen molar-refractivity contribution in [2.75, 3.05) is 6.61 Å². The number of hydrogen-bond donors (Lipinski definition) is 1. The third-order valence-electron chi connectivity index (χ3n) is 15.2. The van der Waals surface area contributed by atoms with Gasteiger partial charge in [0.2, 0.25) is 6.54 Å². The number of carbonyl (C=O) groups excluding carboxylic acids is 1. The molecule has 232 valence electrons. The molecule has 1 heterocycles. The second kappa shape index (κ2) is 10.2. The number of esters is 1. The van der Waals surface area contributed by atoms with Crippen molar-refractivity contribution in [3.05, 3.63) is 42.2 Å². The van der Waals surface area contributed by atoms with Crippen molar-refractivity contribution < 1.29 is 19.2 Å². The number of nitrogens with zero attached hydrogens (tertiary/aromatic N) is 1. The second-order valence-electron chi connectivity index (χ2n) is 17.0. The van der Waals surface area contributed by atoms with Crippen LogP contribution in [0.25, 0.3) is 0 Å². The van der Waals surface area contributed by atoms with Gasteiger partial charge in [-0.05, 0) is 122 Å². The summed E-state index contributed by atoms with van der Waals surface area (Å²) in [6.45, 7) is 22.2. The van der Waals surface area contributed by atoms with Gasteiger partial charge in [-0.2, -0.15) is 4.57 Å². The Kier molecular flexibility index (Phi) is 7.35. The van der Waals surface area contributed by atoms with Crippen molar-refractivity contribution in [2.45, 2.75) is 125 Å². The first-order valence-corrected chi connectivity index (χ1v) is 17.1. The highest BCUT2D eigenvalue weighted by Crippen LogP contribution is 2.77. The van der Waals surface area contributed by atoms with Crippen molar-refractivity contribution in [2.24, 2.45) is 56.7 Å². The molecule has 0 aromatic carbocycles. The molecule has 0 spiro atoms. The fourth-order valence-corrected chi connectivity index (χ4v) is 12.8. The lowest BCUT2D eigenvalue weighted by Gasteiger charge is -2.73. The van der Waals surface area contributed by atoms with E-state index < -0.39 is 0 Å². The Balaban J connectivity index is 1.25. The normalized spacial score (nSPS) is 45.6. The number of ether oxygens (including phenoxy) is 1. The summed E-state index contributed by atoms with van der Waals surface area (Å²) >= 11 is 0. The summed E-state index contributed by atoms with van der Waals surface area (Å²) in [7, 11) is 0. The molecule has 1 aromatic heterocycles. The molecule has 1 aromatic rings. The van der Waals surface area contributed by atoms with Crippen LogP contribution >= 0.6 is 0 Å². The molecule has 4 unspecified atom stereocenters. The molecule has 0 aliphatic heterocycles. The van der Waals surface area contributed by atoms with Gasteiger partial charge in [0, 0.05) is 31.1 Å². The van der Waals surface area contributed by atoms with Gasteiger partial charge in [-0.1, -0.05) is 52.8 Å². The van der Waals surface area contributed by atoms with Crippen LogP contribution in [0.2, 0.25) is 0 Å². The highest BCUT2D eigenvalue weighted by Gasteiger charge is 2.71. The molecular formula is C38H58NO3+. The molecule has 0 amide bonds. The topological polar surface area (TPSA) is 50.4 Å². The van der Waals surface area contributed by atoms with E-state index in [4.69, 9.17) is 4.74 Å². The van der Waals surface area contributed by atoms with Gasteiger partial charge in [-0.15, -0.1) is 0 Å². The molecule has 0 bridgehead atoms. The Labute approximate surface area is 255 Å². The maximum atomic E-state index is 13.2. The number of aryl methyl sites for hydroxylation is 1. The Morgan fingerprint density at radius 3 is 2.40 bits per heavy atom. The van der Waals surface area contributed by atoms with Crippen molar-refractivity contribution in [1.82, 2.24) is 0 Å². The van der Waals surface area contributed by atoms with Gasteiger partial charge in [0.25, 0.3) is 0 Å². The van der Waals surface area contributed by atoms with E-state index in [-0.39, 0.29) is 34.9 Å². The van der Waals surface area contributed by atoms with Gasteiger partial charge in [0.1, 0.15) is 6.10 Å². The van der Waals surface area contributed by atoms with Crippen LogP contribution in [0.5, 0.6) is 0 Å². The van der Waals surface area contributed by atoms with Crippen LogP contribution < -0.4 is 4.57 Å². The zero-order valence-electron chi connectivity index (χ0n) is 27.7. The van der Waals surface area contributed by atoms with Crippen LogP contribution in [0.1, 0.15) is 111 Å². The van der Waals surface area contributed by atoms with Crippen molar-refractivity contribution in [1.29, 1.82) is 0 Å². The third kappa shape index (κ3) is 4.16. The number of hydrogen-bond acceptors (Lipinski definition) is 3. The lowest BCUT2D eigenvalue weighted by Crippen LogP contribution is -2.67. The molecular weight excluding hydrogens is 518 g/mol. The lowest BCUT2D eigenvalue weighted by molar-refractivity contribution is -0.692. The number of aliphatic hydroxyl groups is 1. The highest BCUT2D eigenvalue weighted by atomic mass is 16.5. The number of allylic oxidation sites excluding steroid dienone is 1. The van der Waals surface area contributed by atoms with Crippen LogP contribution in [0.3, 0.4) is 0 Å². The Hall–Kier alpha value is -1.68. The van der Waals surface area contributed by atoms with Crippen LogP contribution in [-0.2, 0) is 16.1 Å². The SMILES string of the molecule is C=C(C)[C@@H]1CC[C@]2(CO)CC[C@]3(C)C(CCC4[C@@]5(C)CC[C@H](OC(=O)C[n+]6ccccc6C)C(C)(C)C5CC[C@]43C)C12. The van der Waals surface area contributed by atoms with Gasteiger partial charge in [-0.25, -0.2) is 4.79 Å². The van der Waals surface area contributed by atoms with Crippen LogP contribution in [-0.4, -0.2) is 23.8 Å². The average molecular weight is 577 g/mol. The summed E-state index contributed by atoms with van der Waals surface area (Å²) in [5.74, 6) is 2.96. The van der Waals surface area contributed by atoms with E-state index >= 15 is 0 Å². The minimum Gasteiger partial charge on any atom is -0.457 e. The average Bonchev–Trinajstić information content (AvgIpc) is 3.33. The molecule has 5 aliphatic rings. The smallest absolute Gasteiger partial charge is 0.372 e. The molecule has 42 heavy (non-hydrogen) atoms. The summed E-state index contributed by atoms with van der Waals surface area (Å²) in [4.78, 5) is 13.2. The maximum absolute atomic E-state index is 13.2. The molecule has 10 atom stereocenters.